The van der Waals surface area contributed by atoms with E-state index in [4.69, 9.17) is 0 Å². The first-order valence-corrected chi connectivity index (χ1v) is 8.41. The van der Waals surface area contributed by atoms with E-state index in [0.717, 1.165) is 11.1 Å². The van der Waals surface area contributed by atoms with E-state index in [1.54, 1.807) is 17.0 Å². The van der Waals surface area contributed by atoms with E-state index >= 15 is 0 Å². The third kappa shape index (κ3) is 2.94. The van der Waals surface area contributed by atoms with Gasteiger partial charge in [0.25, 0.3) is 5.91 Å². The predicted molar refractivity (Wildman–Crippen MR) is 89.9 cm³/mol. The summed E-state index contributed by atoms with van der Waals surface area (Å²) >= 11 is 1.21. The van der Waals surface area contributed by atoms with Gasteiger partial charge in [0, 0.05) is 6.54 Å². The third-order valence-electron chi connectivity index (χ3n) is 4.35. The molecule has 0 saturated carbocycles. The number of aliphatic hydroxyl groups is 1. The highest BCUT2D eigenvalue weighted by Gasteiger charge is 2.40. The van der Waals surface area contributed by atoms with Crippen LogP contribution in [0, 0.1) is 6.92 Å². The zero-order valence-corrected chi connectivity index (χ0v) is 14.0. The second-order valence-corrected chi connectivity index (χ2v) is 7.13. The number of carbonyl (C=O) groups is 2. The van der Waals surface area contributed by atoms with Crippen LogP contribution < -0.4 is 0 Å². The minimum atomic E-state index is -0.998. The van der Waals surface area contributed by atoms with Gasteiger partial charge in [0.05, 0.1) is 16.3 Å². The van der Waals surface area contributed by atoms with Crippen LogP contribution in [0.3, 0.4) is 0 Å². The number of ketones is 1. The molecule has 0 spiro atoms. The van der Waals surface area contributed by atoms with Crippen LogP contribution in [0.4, 0.5) is 0 Å². The van der Waals surface area contributed by atoms with Crippen LogP contribution in [0.15, 0.2) is 36.4 Å². The number of hydrogen-bond donors (Lipinski definition) is 1. The van der Waals surface area contributed by atoms with E-state index < -0.39 is 5.60 Å². The number of carbonyl (C=O) groups excluding carboxylic acids is 2. The molecule has 0 bridgehead atoms. The molecule has 120 valence electrons. The lowest BCUT2D eigenvalue weighted by atomic mass is 9.89. The van der Waals surface area contributed by atoms with Crippen molar-refractivity contribution in [2.24, 2.45) is 0 Å². The quantitative estimate of drug-likeness (QED) is 0.881. The van der Waals surface area contributed by atoms with E-state index in [1.807, 2.05) is 31.2 Å². The fourth-order valence-corrected chi connectivity index (χ4v) is 3.95. The summed E-state index contributed by atoms with van der Waals surface area (Å²) in [6, 6.07) is 11.1. The summed E-state index contributed by atoms with van der Waals surface area (Å²) in [5.74, 6) is -0.154. The van der Waals surface area contributed by atoms with Crippen molar-refractivity contribution in [3.63, 3.8) is 0 Å². The zero-order valence-electron chi connectivity index (χ0n) is 13.2. The van der Waals surface area contributed by atoms with Crippen molar-refractivity contribution >= 4 is 23.0 Å². The second kappa shape index (κ2) is 5.91. The Morgan fingerprint density at radius 1 is 1.17 bits per heavy atom. The maximum Gasteiger partial charge on any atom is 0.264 e. The van der Waals surface area contributed by atoms with Crippen molar-refractivity contribution in [1.29, 1.82) is 0 Å². The fourth-order valence-electron chi connectivity index (χ4n) is 3.08. The Morgan fingerprint density at radius 2 is 1.87 bits per heavy atom. The standard InChI is InChI=1S/C18H19NO3S/c1-12-5-3-4-6-14(12)18(22)9-10-19(11-18)17(21)16-8-7-15(23-16)13(2)20/h3-8,22H,9-11H2,1-2H3/t18-/m1/s1. The molecular formula is C18H19NO3S. The summed E-state index contributed by atoms with van der Waals surface area (Å²) < 4.78 is 0. The van der Waals surface area contributed by atoms with Crippen molar-refractivity contribution < 1.29 is 14.7 Å². The Balaban J connectivity index is 1.80. The van der Waals surface area contributed by atoms with Crippen molar-refractivity contribution in [3.05, 3.63) is 57.3 Å². The average molecular weight is 329 g/mol. The summed E-state index contributed by atoms with van der Waals surface area (Å²) in [4.78, 5) is 26.8. The molecule has 1 N–H and O–H groups in total. The van der Waals surface area contributed by atoms with E-state index in [1.165, 1.54) is 18.3 Å². The highest BCUT2D eigenvalue weighted by Crippen LogP contribution is 2.35. The zero-order chi connectivity index (χ0) is 16.6. The highest BCUT2D eigenvalue weighted by molar-refractivity contribution is 7.15. The molecule has 3 rings (SSSR count). The average Bonchev–Trinajstić information content (AvgIpc) is 3.15. The molecule has 4 nitrogen and oxygen atoms in total. The first-order valence-electron chi connectivity index (χ1n) is 7.59. The highest BCUT2D eigenvalue weighted by atomic mass is 32.1. The van der Waals surface area contributed by atoms with Gasteiger partial charge in [-0.15, -0.1) is 11.3 Å². The molecule has 2 heterocycles. The van der Waals surface area contributed by atoms with E-state index in [0.29, 0.717) is 22.7 Å². The van der Waals surface area contributed by atoms with Crippen molar-refractivity contribution in [2.75, 3.05) is 13.1 Å². The second-order valence-electron chi connectivity index (χ2n) is 6.04. The number of likely N-dealkylation sites (tertiary alicyclic amines) is 1. The van der Waals surface area contributed by atoms with Crippen LogP contribution in [0.5, 0.6) is 0 Å². The summed E-state index contributed by atoms with van der Waals surface area (Å²) in [7, 11) is 0. The Morgan fingerprint density at radius 3 is 2.52 bits per heavy atom. The normalized spacial score (nSPS) is 20.7. The molecule has 1 aliphatic heterocycles. The van der Waals surface area contributed by atoms with Gasteiger partial charge in [-0.05, 0) is 43.5 Å². The monoisotopic (exact) mass is 329 g/mol. The number of thiophene rings is 1. The smallest absolute Gasteiger partial charge is 0.264 e. The molecule has 1 atom stereocenters. The van der Waals surface area contributed by atoms with E-state index in [-0.39, 0.29) is 18.2 Å². The number of hydrogen-bond acceptors (Lipinski definition) is 4. The Hall–Kier alpha value is -1.98. The Labute approximate surface area is 139 Å². The lowest BCUT2D eigenvalue weighted by molar-refractivity contribution is 0.0414. The van der Waals surface area contributed by atoms with Gasteiger partial charge in [-0.25, -0.2) is 0 Å². The first kappa shape index (κ1) is 15.9. The predicted octanol–water partition coefficient (Wildman–Crippen LogP) is 2.99. The van der Waals surface area contributed by atoms with Gasteiger partial charge in [0.1, 0.15) is 5.60 Å². The molecule has 1 amide bonds. The number of amides is 1. The first-order chi connectivity index (χ1) is 10.9. The lowest BCUT2D eigenvalue weighted by Crippen LogP contribution is -2.34. The lowest BCUT2D eigenvalue weighted by Gasteiger charge is -2.25. The van der Waals surface area contributed by atoms with Gasteiger partial charge in [0.2, 0.25) is 0 Å². The van der Waals surface area contributed by atoms with Gasteiger partial charge in [-0.2, -0.15) is 0 Å². The number of rotatable bonds is 3. The van der Waals surface area contributed by atoms with Gasteiger partial charge < -0.3 is 10.0 Å². The van der Waals surface area contributed by atoms with Crippen LogP contribution in [-0.2, 0) is 5.60 Å². The molecule has 1 aromatic carbocycles. The molecule has 1 saturated heterocycles. The van der Waals surface area contributed by atoms with Crippen LogP contribution in [0.25, 0.3) is 0 Å². The summed E-state index contributed by atoms with van der Waals surface area (Å²) in [6.45, 7) is 4.25. The van der Waals surface area contributed by atoms with E-state index in [2.05, 4.69) is 0 Å². The van der Waals surface area contributed by atoms with Gasteiger partial charge in [0.15, 0.2) is 5.78 Å². The number of nitrogens with zero attached hydrogens (tertiary/aromatic N) is 1. The van der Waals surface area contributed by atoms with Gasteiger partial charge >= 0.3 is 0 Å². The van der Waals surface area contributed by atoms with Crippen LogP contribution >= 0.6 is 11.3 Å². The summed E-state index contributed by atoms with van der Waals surface area (Å²) in [6.07, 6.45) is 0.522. The summed E-state index contributed by atoms with van der Waals surface area (Å²) in [5, 5.41) is 11.0. The molecule has 2 aromatic rings. The molecule has 0 unspecified atom stereocenters. The SMILES string of the molecule is CC(=O)c1ccc(C(=O)N2CC[C@](O)(c3ccccc3C)C2)s1. The molecule has 5 heteroatoms. The molecule has 0 radical (unpaired) electrons. The van der Waals surface area contributed by atoms with Crippen molar-refractivity contribution in [2.45, 2.75) is 25.9 Å². The molecule has 0 aliphatic carbocycles. The van der Waals surface area contributed by atoms with Crippen LogP contribution in [0.1, 0.15) is 43.8 Å². The van der Waals surface area contributed by atoms with Crippen LogP contribution in [0.2, 0.25) is 0 Å². The molecule has 1 aromatic heterocycles. The van der Waals surface area contributed by atoms with Crippen molar-refractivity contribution in [1.82, 2.24) is 4.90 Å². The number of benzene rings is 1. The van der Waals surface area contributed by atoms with Crippen LogP contribution in [-0.4, -0.2) is 34.8 Å². The Kier molecular flexibility index (Phi) is 4.08. The fraction of sp³-hybridized carbons (Fsp3) is 0.333. The maximum absolute atomic E-state index is 12.6. The number of β-amino-alcohol motifs (C(OH)–C–C–N with tert-alkyl or cyclic N) is 1. The molecule has 1 fully saturated rings. The van der Waals surface area contributed by atoms with Crippen molar-refractivity contribution in [3.8, 4) is 0 Å². The minimum absolute atomic E-state index is 0.0353. The number of Topliss-reactive ketones (excluding diaryl/α,β-unsaturated/α-hetero) is 1. The summed E-state index contributed by atoms with van der Waals surface area (Å²) in [5.41, 5.74) is 0.909. The van der Waals surface area contributed by atoms with Gasteiger partial charge in [-0.1, -0.05) is 24.3 Å². The maximum atomic E-state index is 12.6. The minimum Gasteiger partial charge on any atom is -0.383 e. The topological polar surface area (TPSA) is 57.6 Å². The number of aryl methyl sites for hydroxylation is 1. The molecular weight excluding hydrogens is 310 g/mol. The molecule has 23 heavy (non-hydrogen) atoms. The van der Waals surface area contributed by atoms with E-state index in [9.17, 15) is 14.7 Å². The van der Waals surface area contributed by atoms with Gasteiger partial charge in [-0.3, -0.25) is 9.59 Å². The molecule has 1 aliphatic rings. The largest absolute Gasteiger partial charge is 0.383 e. The Bertz CT molecular complexity index is 767. The third-order valence-corrected chi connectivity index (χ3v) is 5.52.